The molecule has 0 saturated heterocycles. The molecule has 3 rings (SSSR count). The molecule has 2 aromatic heterocycles. The molecule has 0 atom stereocenters. The summed E-state index contributed by atoms with van der Waals surface area (Å²) in [4.78, 5) is 8.77. The van der Waals surface area contributed by atoms with Crippen molar-refractivity contribution >= 4 is 27.0 Å². The van der Waals surface area contributed by atoms with Crippen LogP contribution in [0.3, 0.4) is 0 Å². The number of aromatic nitrogens is 3. The summed E-state index contributed by atoms with van der Waals surface area (Å²) in [5.74, 6) is 0. The molecule has 0 aliphatic rings. The highest BCUT2D eigenvalue weighted by molar-refractivity contribution is 9.10. The Bertz CT molecular complexity index is 731. The first-order chi connectivity index (χ1) is 8.66. The van der Waals surface area contributed by atoms with E-state index in [1.165, 1.54) is 5.56 Å². The Morgan fingerprint density at radius 1 is 1.22 bits per heavy atom. The molecule has 0 saturated carbocycles. The first-order valence-corrected chi connectivity index (χ1v) is 6.48. The topological polar surface area (TPSA) is 30.7 Å². The maximum absolute atomic E-state index is 4.44. The van der Waals surface area contributed by atoms with E-state index in [1.54, 1.807) is 6.33 Å². The Morgan fingerprint density at radius 2 is 2.06 bits per heavy atom. The van der Waals surface area contributed by atoms with Crippen molar-refractivity contribution in [1.29, 1.82) is 0 Å². The van der Waals surface area contributed by atoms with Gasteiger partial charge < -0.3 is 4.57 Å². The summed E-state index contributed by atoms with van der Waals surface area (Å²) < 4.78 is 3.03. The van der Waals surface area contributed by atoms with Crippen molar-refractivity contribution < 1.29 is 0 Å². The lowest BCUT2D eigenvalue weighted by molar-refractivity contribution is 0.942. The molecule has 0 spiro atoms. The molecular formula is C14H12BrN3. The van der Waals surface area contributed by atoms with Crippen LogP contribution in [-0.4, -0.2) is 14.5 Å². The van der Waals surface area contributed by atoms with Crippen LogP contribution in [0.25, 0.3) is 22.3 Å². The van der Waals surface area contributed by atoms with E-state index >= 15 is 0 Å². The van der Waals surface area contributed by atoms with Gasteiger partial charge in [0.05, 0.1) is 11.1 Å². The zero-order valence-corrected chi connectivity index (χ0v) is 11.8. The summed E-state index contributed by atoms with van der Waals surface area (Å²) in [5, 5.41) is 1.06. The molecule has 0 radical (unpaired) electrons. The van der Waals surface area contributed by atoms with E-state index in [2.05, 4.69) is 57.1 Å². The van der Waals surface area contributed by atoms with Crippen molar-refractivity contribution in [2.45, 2.75) is 6.92 Å². The molecule has 2 heterocycles. The Labute approximate surface area is 114 Å². The lowest BCUT2D eigenvalue weighted by Gasteiger charge is -2.04. The molecule has 1 aromatic carbocycles. The number of fused-ring (bicyclic) bond motifs is 1. The van der Waals surface area contributed by atoms with Crippen LogP contribution in [0.4, 0.5) is 0 Å². The minimum atomic E-state index is 0.938. The third kappa shape index (κ3) is 1.73. The Balaban J connectivity index is 2.36. The maximum Gasteiger partial charge on any atom is 0.144 e. The van der Waals surface area contributed by atoms with Gasteiger partial charge in [-0.25, -0.2) is 9.97 Å². The van der Waals surface area contributed by atoms with E-state index in [0.29, 0.717) is 0 Å². The number of rotatable bonds is 1. The van der Waals surface area contributed by atoms with Crippen molar-refractivity contribution in [1.82, 2.24) is 14.5 Å². The molecule has 90 valence electrons. The molecule has 3 aromatic rings. The van der Waals surface area contributed by atoms with Crippen LogP contribution in [-0.2, 0) is 7.05 Å². The van der Waals surface area contributed by atoms with Crippen LogP contribution in [0, 0.1) is 6.92 Å². The van der Waals surface area contributed by atoms with Gasteiger partial charge in [-0.15, -0.1) is 0 Å². The predicted molar refractivity (Wildman–Crippen MR) is 76.4 cm³/mol. The Morgan fingerprint density at radius 3 is 2.83 bits per heavy atom. The van der Waals surface area contributed by atoms with E-state index in [0.717, 1.165) is 26.8 Å². The van der Waals surface area contributed by atoms with Gasteiger partial charge >= 0.3 is 0 Å². The second-order valence-corrected chi connectivity index (χ2v) is 5.23. The first kappa shape index (κ1) is 11.4. The molecule has 0 N–H and O–H groups in total. The summed E-state index contributed by atoms with van der Waals surface area (Å²) in [6.45, 7) is 2.09. The number of halogens is 1. The van der Waals surface area contributed by atoms with Crippen molar-refractivity contribution in [2.75, 3.05) is 0 Å². The van der Waals surface area contributed by atoms with Gasteiger partial charge in [0.2, 0.25) is 0 Å². The highest BCUT2D eigenvalue weighted by Gasteiger charge is 2.12. The molecule has 0 fully saturated rings. The lowest BCUT2D eigenvalue weighted by atomic mass is 10.1. The monoisotopic (exact) mass is 301 g/mol. The summed E-state index contributed by atoms with van der Waals surface area (Å²) in [7, 11) is 1.99. The zero-order chi connectivity index (χ0) is 12.7. The van der Waals surface area contributed by atoms with Crippen molar-refractivity contribution in [3.05, 3.63) is 46.8 Å². The maximum atomic E-state index is 4.44. The molecule has 0 amide bonds. The normalized spacial score (nSPS) is 11.1. The molecule has 0 bridgehead atoms. The van der Waals surface area contributed by atoms with E-state index in [-0.39, 0.29) is 0 Å². The molecule has 0 aliphatic heterocycles. The molecule has 4 heteroatoms. The summed E-state index contributed by atoms with van der Waals surface area (Å²) in [5.41, 5.74) is 4.25. The van der Waals surface area contributed by atoms with Gasteiger partial charge in [-0.3, -0.25) is 0 Å². The van der Waals surface area contributed by atoms with Crippen LogP contribution in [0.15, 0.2) is 41.3 Å². The van der Waals surface area contributed by atoms with Crippen LogP contribution >= 0.6 is 15.9 Å². The molecule has 18 heavy (non-hydrogen) atoms. The molecular weight excluding hydrogens is 290 g/mol. The highest BCUT2D eigenvalue weighted by Crippen LogP contribution is 2.32. The van der Waals surface area contributed by atoms with Gasteiger partial charge in [0.1, 0.15) is 12.0 Å². The molecule has 3 nitrogen and oxygen atoms in total. The minimum absolute atomic E-state index is 0.938. The van der Waals surface area contributed by atoms with E-state index in [4.69, 9.17) is 0 Å². The van der Waals surface area contributed by atoms with E-state index in [1.807, 2.05) is 17.8 Å². The fourth-order valence-electron chi connectivity index (χ4n) is 2.17. The second-order valence-electron chi connectivity index (χ2n) is 4.38. The van der Waals surface area contributed by atoms with Gasteiger partial charge in [-0.05, 0) is 28.9 Å². The smallest absolute Gasteiger partial charge is 0.144 e. The quantitative estimate of drug-likeness (QED) is 0.686. The zero-order valence-electron chi connectivity index (χ0n) is 10.2. The number of benzene rings is 1. The number of hydrogen-bond donors (Lipinski definition) is 0. The predicted octanol–water partition coefficient (Wildman–Crippen LogP) is 3.71. The standard InChI is InChI=1S/C14H12BrN3/c1-9-4-3-5-10(6-9)13-12-11(15)7-18(2)14(12)17-8-16-13/h3-8H,1-2H3. The average molecular weight is 302 g/mol. The Hall–Kier alpha value is -1.68. The first-order valence-electron chi connectivity index (χ1n) is 5.69. The minimum Gasteiger partial charge on any atom is -0.334 e. The third-order valence-electron chi connectivity index (χ3n) is 3.00. The van der Waals surface area contributed by atoms with Crippen molar-refractivity contribution in [3.63, 3.8) is 0 Å². The highest BCUT2D eigenvalue weighted by atomic mass is 79.9. The van der Waals surface area contributed by atoms with Gasteiger partial charge in [-0.1, -0.05) is 23.8 Å². The number of aryl methyl sites for hydroxylation is 2. The fourth-order valence-corrected chi connectivity index (χ4v) is 2.84. The van der Waals surface area contributed by atoms with Crippen molar-refractivity contribution in [2.24, 2.45) is 7.05 Å². The van der Waals surface area contributed by atoms with Gasteiger partial charge in [0.15, 0.2) is 0 Å². The van der Waals surface area contributed by atoms with Crippen LogP contribution in [0.2, 0.25) is 0 Å². The van der Waals surface area contributed by atoms with Gasteiger partial charge in [0, 0.05) is 23.3 Å². The summed E-state index contributed by atoms with van der Waals surface area (Å²) >= 11 is 3.58. The van der Waals surface area contributed by atoms with E-state index in [9.17, 15) is 0 Å². The fraction of sp³-hybridized carbons (Fsp3) is 0.143. The summed E-state index contributed by atoms with van der Waals surface area (Å²) in [6.07, 6.45) is 3.63. The van der Waals surface area contributed by atoms with Crippen LogP contribution in [0.5, 0.6) is 0 Å². The van der Waals surface area contributed by atoms with Gasteiger partial charge in [-0.2, -0.15) is 0 Å². The number of nitrogens with zero attached hydrogens (tertiary/aromatic N) is 3. The Kier molecular flexibility index (Phi) is 2.67. The largest absolute Gasteiger partial charge is 0.334 e. The van der Waals surface area contributed by atoms with Crippen LogP contribution in [0.1, 0.15) is 5.56 Å². The number of hydrogen-bond acceptors (Lipinski definition) is 2. The SMILES string of the molecule is Cc1cccc(-c2ncnc3c2c(Br)cn3C)c1. The van der Waals surface area contributed by atoms with Crippen molar-refractivity contribution in [3.8, 4) is 11.3 Å². The lowest BCUT2D eigenvalue weighted by Crippen LogP contribution is -1.91. The van der Waals surface area contributed by atoms with E-state index < -0.39 is 0 Å². The molecule has 0 aliphatic carbocycles. The average Bonchev–Trinajstić information content (AvgIpc) is 2.65. The third-order valence-corrected chi connectivity index (χ3v) is 3.60. The molecule has 0 unspecified atom stereocenters. The van der Waals surface area contributed by atoms with Crippen LogP contribution < -0.4 is 0 Å². The second kappa shape index (κ2) is 4.21. The van der Waals surface area contributed by atoms with Gasteiger partial charge in [0.25, 0.3) is 0 Å². The summed E-state index contributed by atoms with van der Waals surface area (Å²) in [6, 6.07) is 8.35.